The molecular weight excluding hydrogens is 575 g/mol. The summed E-state index contributed by atoms with van der Waals surface area (Å²) in [7, 11) is 8.09. The Hall–Kier alpha value is -1.86. The number of halogens is 4. The first-order valence-corrected chi connectivity index (χ1v) is 9.33. The molecule has 0 aliphatic heterocycles. The molecule has 0 aliphatic carbocycles. The van der Waals surface area contributed by atoms with E-state index in [1.165, 1.54) is 22.3 Å². The van der Waals surface area contributed by atoms with E-state index in [4.69, 9.17) is 0 Å². The second-order valence-electron chi connectivity index (χ2n) is 7.01. The van der Waals surface area contributed by atoms with Gasteiger partial charge >= 0.3 is 0 Å². The van der Waals surface area contributed by atoms with Gasteiger partial charge in [0.15, 0.2) is 49.6 Å². The Kier molecular flexibility index (Phi) is 16.0. The van der Waals surface area contributed by atoms with Crippen LogP contribution in [0.3, 0.4) is 0 Å². The molecule has 0 fully saturated rings. The smallest absolute Gasteiger partial charge is 0.169 e. The molecule has 4 aromatic rings. The van der Waals surface area contributed by atoms with Gasteiger partial charge in [-0.15, -0.1) is 0 Å². The van der Waals surface area contributed by atoms with Crippen molar-refractivity contribution < 1.29 is 77.0 Å². The summed E-state index contributed by atoms with van der Waals surface area (Å²) in [5.74, 6) is 0. The van der Waals surface area contributed by atoms with Crippen LogP contribution in [0.2, 0.25) is 0 Å². The van der Waals surface area contributed by atoms with E-state index in [-0.39, 0.29) is 58.8 Å². The summed E-state index contributed by atoms with van der Waals surface area (Å²) in [5, 5.41) is 0. The summed E-state index contributed by atoms with van der Waals surface area (Å²) in [6, 6.07) is 17.0. The summed E-state index contributed by atoms with van der Waals surface area (Å²) in [6.45, 7) is 0. The number of rotatable bonds is 2. The zero-order valence-corrected chi connectivity index (χ0v) is 23.2. The van der Waals surface area contributed by atoms with Crippen LogP contribution in [0, 0.1) is 0 Å². The molecule has 0 saturated carbocycles. The molecule has 32 heavy (non-hydrogen) atoms. The lowest BCUT2D eigenvalue weighted by atomic mass is 10.1. The monoisotopic (exact) mass is 600 g/mol. The van der Waals surface area contributed by atoms with Crippen LogP contribution < -0.4 is 77.0 Å². The molecule has 0 N–H and O–H groups in total. The molecule has 0 saturated heterocycles. The van der Waals surface area contributed by atoms with Crippen molar-refractivity contribution in [1.29, 1.82) is 0 Å². The molecule has 0 radical (unpaired) electrons. The highest BCUT2D eigenvalue weighted by atomic mass is 79.9. The Balaban J connectivity index is 0. The molecular formula is C24H28Br2Cl2N4. The number of aromatic nitrogens is 4. The molecule has 8 heteroatoms. The molecule has 0 atom stereocenters. The van der Waals surface area contributed by atoms with E-state index in [0.717, 1.165) is 0 Å². The molecule has 0 amide bonds. The van der Waals surface area contributed by atoms with Gasteiger partial charge in [-0.25, -0.2) is 18.3 Å². The van der Waals surface area contributed by atoms with Gasteiger partial charge in [-0.3, -0.25) is 0 Å². The van der Waals surface area contributed by atoms with Crippen molar-refractivity contribution in [3.63, 3.8) is 0 Å². The Morgan fingerprint density at radius 1 is 0.344 bits per heavy atom. The van der Waals surface area contributed by atoms with Crippen molar-refractivity contribution in [2.75, 3.05) is 0 Å². The van der Waals surface area contributed by atoms with Crippen molar-refractivity contribution in [2.45, 2.75) is 0 Å². The number of nitrogens with zero attached hydrogens (tertiary/aromatic N) is 4. The molecule has 0 aromatic carbocycles. The minimum absolute atomic E-state index is 0. The normalized spacial score (nSPS) is 8.88. The highest BCUT2D eigenvalue weighted by Crippen LogP contribution is 2.15. The van der Waals surface area contributed by atoms with Gasteiger partial charge in [0.05, 0.1) is 0 Å². The predicted octanol–water partition coefficient (Wildman–Crippen LogP) is -9.98. The van der Waals surface area contributed by atoms with Crippen LogP contribution in [0.15, 0.2) is 98.1 Å². The van der Waals surface area contributed by atoms with E-state index in [2.05, 4.69) is 98.1 Å². The second-order valence-corrected chi connectivity index (χ2v) is 7.01. The Bertz CT molecular complexity index is 852. The lowest BCUT2D eigenvalue weighted by Crippen LogP contribution is -3.00. The fourth-order valence-electron chi connectivity index (χ4n) is 2.77. The topological polar surface area (TPSA) is 15.5 Å². The summed E-state index contributed by atoms with van der Waals surface area (Å²) >= 11 is 0. The van der Waals surface area contributed by atoms with E-state index in [9.17, 15) is 0 Å². The first-order chi connectivity index (χ1) is 13.5. The number of pyridine rings is 4. The molecule has 4 aromatic heterocycles. The summed E-state index contributed by atoms with van der Waals surface area (Å²) < 4.78 is 8.14. The van der Waals surface area contributed by atoms with Crippen molar-refractivity contribution in [1.82, 2.24) is 0 Å². The van der Waals surface area contributed by atoms with Crippen molar-refractivity contribution >= 4 is 0 Å². The van der Waals surface area contributed by atoms with Crippen LogP contribution in [0.1, 0.15) is 0 Å². The first kappa shape index (κ1) is 32.3. The third-order valence-electron chi connectivity index (χ3n) is 4.58. The van der Waals surface area contributed by atoms with Crippen LogP contribution in [0.4, 0.5) is 0 Å². The SMILES string of the molecule is C[n+]1ccc(-c2cc[n+](C)cc2)cc1.C[n+]1ccc(-c2cc[n+](C)cc2)cc1.[Br-].[Br-].[Cl-].[Cl-]. The Morgan fingerprint density at radius 3 is 0.594 bits per heavy atom. The molecule has 4 rings (SSSR count). The largest absolute Gasteiger partial charge is 1.00 e. The molecule has 4 heterocycles. The predicted molar refractivity (Wildman–Crippen MR) is 108 cm³/mol. The van der Waals surface area contributed by atoms with Crippen LogP contribution >= 0.6 is 0 Å². The van der Waals surface area contributed by atoms with Gasteiger partial charge in [0.1, 0.15) is 28.2 Å². The standard InChI is InChI=1S/2C12H14N2.2BrH.2ClH/c2*1-13-7-3-11(4-8-13)12-5-9-14(2)10-6-12;;;;/h2*3-10H,1-2H3;4*1H/q2*+2;;;;/p-4. The van der Waals surface area contributed by atoms with Gasteiger partial charge < -0.3 is 58.8 Å². The maximum absolute atomic E-state index is 2.12. The number of hydrogen-bond donors (Lipinski definition) is 0. The van der Waals surface area contributed by atoms with Gasteiger partial charge in [0.25, 0.3) is 0 Å². The summed E-state index contributed by atoms with van der Waals surface area (Å²) in [4.78, 5) is 0. The van der Waals surface area contributed by atoms with Gasteiger partial charge in [-0.05, 0) is 22.3 Å². The van der Waals surface area contributed by atoms with E-state index in [1.54, 1.807) is 0 Å². The van der Waals surface area contributed by atoms with Crippen LogP contribution in [-0.2, 0) is 28.2 Å². The second kappa shape index (κ2) is 15.9. The van der Waals surface area contributed by atoms with Gasteiger partial charge in [0.2, 0.25) is 0 Å². The molecule has 172 valence electrons. The van der Waals surface area contributed by atoms with Crippen LogP contribution in [0.5, 0.6) is 0 Å². The first-order valence-electron chi connectivity index (χ1n) is 9.33. The van der Waals surface area contributed by atoms with Crippen molar-refractivity contribution in [2.24, 2.45) is 28.2 Å². The maximum Gasteiger partial charge on any atom is 0.169 e. The van der Waals surface area contributed by atoms with Crippen LogP contribution in [0.25, 0.3) is 22.3 Å². The van der Waals surface area contributed by atoms with E-state index in [1.807, 2.05) is 46.5 Å². The van der Waals surface area contributed by atoms with Crippen molar-refractivity contribution in [3.05, 3.63) is 98.1 Å². The summed E-state index contributed by atoms with van der Waals surface area (Å²) in [5.41, 5.74) is 5.01. The minimum Gasteiger partial charge on any atom is -1.00 e. The highest BCUT2D eigenvalue weighted by Gasteiger charge is 2.02. The molecule has 4 nitrogen and oxygen atoms in total. The molecule has 0 unspecified atom stereocenters. The molecule has 0 bridgehead atoms. The Labute approximate surface area is 224 Å². The quantitative estimate of drug-likeness (QED) is 0.203. The third kappa shape index (κ3) is 9.74. The molecule has 0 aliphatic rings. The van der Waals surface area contributed by atoms with Crippen molar-refractivity contribution in [3.8, 4) is 22.3 Å². The Morgan fingerprint density at radius 2 is 0.469 bits per heavy atom. The minimum atomic E-state index is 0. The lowest BCUT2D eigenvalue weighted by Gasteiger charge is -1.97. The maximum atomic E-state index is 2.12. The van der Waals surface area contributed by atoms with Gasteiger partial charge in [-0.1, -0.05) is 0 Å². The highest BCUT2D eigenvalue weighted by molar-refractivity contribution is 5.61. The lowest BCUT2D eigenvalue weighted by molar-refractivity contribution is -0.671. The molecule has 0 spiro atoms. The van der Waals surface area contributed by atoms with E-state index < -0.39 is 0 Å². The van der Waals surface area contributed by atoms with E-state index in [0.29, 0.717) is 0 Å². The van der Waals surface area contributed by atoms with Gasteiger partial charge in [0, 0.05) is 48.5 Å². The summed E-state index contributed by atoms with van der Waals surface area (Å²) in [6.07, 6.45) is 16.5. The zero-order chi connectivity index (χ0) is 19.9. The van der Waals surface area contributed by atoms with Gasteiger partial charge in [-0.2, -0.15) is 0 Å². The fourth-order valence-corrected chi connectivity index (χ4v) is 2.77. The number of aryl methyl sites for hydroxylation is 4. The zero-order valence-electron chi connectivity index (χ0n) is 18.5. The van der Waals surface area contributed by atoms with E-state index >= 15 is 0 Å². The number of hydrogen-bond acceptors (Lipinski definition) is 0. The average Bonchev–Trinajstić information content (AvgIpc) is 2.71. The van der Waals surface area contributed by atoms with Crippen LogP contribution in [-0.4, -0.2) is 0 Å². The fraction of sp³-hybridized carbons (Fsp3) is 0.167. The third-order valence-corrected chi connectivity index (χ3v) is 4.58. The average molecular weight is 603 g/mol.